The second-order valence-electron chi connectivity index (χ2n) is 6.06. The largest absolute Gasteiger partial charge is 0.493 e. The fourth-order valence-corrected chi connectivity index (χ4v) is 3.11. The highest BCUT2D eigenvalue weighted by atomic mass is 16.5. The van der Waals surface area contributed by atoms with Gasteiger partial charge in [-0.05, 0) is 6.07 Å². The first-order valence-corrected chi connectivity index (χ1v) is 8.01. The number of ether oxygens (including phenoxy) is 4. The van der Waals surface area contributed by atoms with E-state index in [4.69, 9.17) is 18.9 Å². The van der Waals surface area contributed by atoms with Crippen LogP contribution in [0.5, 0.6) is 17.2 Å². The van der Waals surface area contributed by atoms with E-state index in [-0.39, 0.29) is 12.1 Å². The maximum Gasteiger partial charge on any atom is 0.261 e. The molecule has 0 unspecified atom stereocenters. The lowest BCUT2D eigenvalue weighted by atomic mass is 9.94. The van der Waals surface area contributed by atoms with Crippen molar-refractivity contribution in [3.63, 3.8) is 0 Å². The number of hydrogen-bond acceptors (Lipinski definition) is 7. The lowest BCUT2D eigenvalue weighted by molar-refractivity contribution is -0.0733. The van der Waals surface area contributed by atoms with Crippen LogP contribution in [0.1, 0.15) is 12.8 Å². The molecule has 0 spiro atoms. The summed E-state index contributed by atoms with van der Waals surface area (Å²) in [4.78, 5) is 17.3. The molecule has 2 aromatic rings. The van der Waals surface area contributed by atoms with Gasteiger partial charge in [-0.25, -0.2) is 4.98 Å². The lowest BCUT2D eigenvalue weighted by Gasteiger charge is -2.32. The zero-order valence-electron chi connectivity index (χ0n) is 14.6. The van der Waals surface area contributed by atoms with E-state index in [1.165, 1.54) is 32.2 Å². The Morgan fingerprint density at radius 2 is 1.88 bits per heavy atom. The van der Waals surface area contributed by atoms with Crippen LogP contribution in [-0.2, 0) is 11.3 Å². The third-order valence-corrected chi connectivity index (χ3v) is 4.51. The minimum atomic E-state index is -0.974. The SMILES string of the molecule is COc1cc2c(=O)n(CC3(O)CCOCC3)cnc2c(OC)c1OC. The second-order valence-corrected chi connectivity index (χ2v) is 6.06. The number of aliphatic hydroxyl groups is 1. The van der Waals surface area contributed by atoms with Gasteiger partial charge in [0.25, 0.3) is 5.56 Å². The Balaban J connectivity index is 2.12. The molecule has 8 nitrogen and oxygen atoms in total. The normalized spacial score (nSPS) is 16.6. The van der Waals surface area contributed by atoms with Gasteiger partial charge < -0.3 is 24.1 Å². The van der Waals surface area contributed by atoms with E-state index in [9.17, 15) is 9.90 Å². The standard InChI is InChI=1S/C17H22N2O6/c1-22-12-8-11-13(15(24-3)14(12)23-2)18-10-19(16(11)20)9-17(21)4-6-25-7-5-17/h8,10,21H,4-7,9H2,1-3H3. The minimum absolute atomic E-state index is 0.162. The molecule has 1 aromatic heterocycles. The van der Waals surface area contributed by atoms with Gasteiger partial charge in [0.2, 0.25) is 5.75 Å². The fraction of sp³-hybridized carbons (Fsp3) is 0.529. The van der Waals surface area contributed by atoms with Gasteiger partial charge in [-0.15, -0.1) is 0 Å². The van der Waals surface area contributed by atoms with Crippen molar-refractivity contribution in [2.75, 3.05) is 34.5 Å². The molecule has 0 bridgehead atoms. The Morgan fingerprint density at radius 3 is 2.48 bits per heavy atom. The van der Waals surface area contributed by atoms with Crippen LogP contribution >= 0.6 is 0 Å². The molecule has 1 N–H and O–H groups in total. The van der Waals surface area contributed by atoms with E-state index >= 15 is 0 Å². The van der Waals surface area contributed by atoms with Crippen LogP contribution in [0.15, 0.2) is 17.2 Å². The summed E-state index contributed by atoms with van der Waals surface area (Å²) < 4.78 is 22.7. The molecule has 0 saturated carbocycles. The van der Waals surface area contributed by atoms with Gasteiger partial charge in [-0.2, -0.15) is 0 Å². The number of fused-ring (bicyclic) bond motifs is 1. The maximum absolute atomic E-state index is 12.9. The Hall–Kier alpha value is -2.32. The monoisotopic (exact) mass is 350 g/mol. The van der Waals surface area contributed by atoms with Crippen molar-refractivity contribution in [1.29, 1.82) is 0 Å². The average Bonchev–Trinajstić information content (AvgIpc) is 2.63. The minimum Gasteiger partial charge on any atom is -0.493 e. The van der Waals surface area contributed by atoms with Crippen molar-refractivity contribution in [3.8, 4) is 17.2 Å². The summed E-state index contributed by atoms with van der Waals surface area (Å²) in [5, 5.41) is 11.0. The smallest absolute Gasteiger partial charge is 0.261 e. The number of nitrogens with zero attached hydrogens (tertiary/aromatic N) is 2. The third-order valence-electron chi connectivity index (χ3n) is 4.51. The molecule has 1 fully saturated rings. The quantitative estimate of drug-likeness (QED) is 0.859. The van der Waals surface area contributed by atoms with Gasteiger partial charge in [0, 0.05) is 26.1 Å². The van der Waals surface area contributed by atoms with Crippen LogP contribution in [0.3, 0.4) is 0 Å². The van der Waals surface area contributed by atoms with Crippen molar-refractivity contribution in [2.24, 2.45) is 0 Å². The molecule has 25 heavy (non-hydrogen) atoms. The van der Waals surface area contributed by atoms with E-state index in [2.05, 4.69) is 4.98 Å². The first kappa shape index (κ1) is 17.5. The Bertz CT molecular complexity index is 826. The summed E-state index contributed by atoms with van der Waals surface area (Å²) in [6.07, 6.45) is 2.38. The Morgan fingerprint density at radius 1 is 1.20 bits per heavy atom. The van der Waals surface area contributed by atoms with Crippen LogP contribution < -0.4 is 19.8 Å². The van der Waals surface area contributed by atoms with Gasteiger partial charge in [-0.3, -0.25) is 9.36 Å². The molecule has 0 radical (unpaired) electrons. The van der Waals surface area contributed by atoms with Gasteiger partial charge in [0.1, 0.15) is 5.52 Å². The third kappa shape index (κ3) is 3.14. The zero-order valence-corrected chi connectivity index (χ0v) is 14.6. The van der Waals surface area contributed by atoms with Gasteiger partial charge in [0.15, 0.2) is 11.5 Å². The molecule has 3 rings (SSSR count). The molecule has 1 aliphatic rings. The molecule has 2 heterocycles. The van der Waals surface area contributed by atoms with E-state index in [0.717, 1.165) is 0 Å². The molecule has 0 atom stereocenters. The molecule has 8 heteroatoms. The fourth-order valence-electron chi connectivity index (χ4n) is 3.11. The highest BCUT2D eigenvalue weighted by Gasteiger charge is 2.31. The molecule has 1 saturated heterocycles. The molecule has 1 aliphatic heterocycles. The summed E-state index contributed by atoms with van der Waals surface area (Å²) in [5.41, 5.74) is -0.859. The predicted octanol–water partition coefficient (Wildman–Crippen LogP) is 0.964. The second kappa shape index (κ2) is 6.89. The predicted molar refractivity (Wildman–Crippen MR) is 90.7 cm³/mol. The molecule has 136 valence electrons. The number of hydrogen-bond donors (Lipinski definition) is 1. The molecular weight excluding hydrogens is 328 g/mol. The van der Waals surface area contributed by atoms with Gasteiger partial charge in [0.05, 0.1) is 45.2 Å². The van der Waals surface area contributed by atoms with E-state index in [0.29, 0.717) is 54.2 Å². The summed E-state index contributed by atoms with van der Waals surface area (Å²) >= 11 is 0. The van der Waals surface area contributed by atoms with Crippen LogP contribution in [-0.4, -0.2) is 54.8 Å². The first-order valence-electron chi connectivity index (χ1n) is 8.01. The molecule has 0 amide bonds. The van der Waals surface area contributed by atoms with Gasteiger partial charge in [-0.1, -0.05) is 0 Å². The molecular formula is C17H22N2O6. The molecule has 0 aliphatic carbocycles. The van der Waals surface area contributed by atoms with Crippen molar-refractivity contribution in [2.45, 2.75) is 25.0 Å². The Kier molecular flexibility index (Phi) is 4.82. The first-order chi connectivity index (χ1) is 12.0. The van der Waals surface area contributed by atoms with Crippen molar-refractivity contribution in [1.82, 2.24) is 9.55 Å². The van der Waals surface area contributed by atoms with Crippen molar-refractivity contribution >= 4 is 10.9 Å². The highest BCUT2D eigenvalue weighted by molar-refractivity contribution is 5.89. The zero-order chi connectivity index (χ0) is 18.0. The highest BCUT2D eigenvalue weighted by Crippen LogP contribution is 2.41. The number of methoxy groups -OCH3 is 3. The summed E-state index contributed by atoms with van der Waals surface area (Å²) in [7, 11) is 4.46. The average molecular weight is 350 g/mol. The van der Waals surface area contributed by atoms with Crippen LogP contribution in [0.2, 0.25) is 0 Å². The van der Waals surface area contributed by atoms with Crippen LogP contribution in [0, 0.1) is 0 Å². The lowest BCUT2D eigenvalue weighted by Crippen LogP contribution is -2.42. The maximum atomic E-state index is 12.9. The Labute approximate surface area is 144 Å². The van der Waals surface area contributed by atoms with Crippen molar-refractivity contribution in [3.05, 3.63) is 22.7 Å². The molecule has 1 aromatic carbocycles. The van der Waals surface area contributed by atoms with E-state index in [1.54, 1.807) is 6.07 Å². The van der Waals surface area contributed by atoms with E-state index < -0.39 is 5.60 Å². The van der Waals surface area contributed by atoms with Gasteiger partial charge >= 0.3 is 0 Å². The summed E-state index contributed by atoms with van der Waals surface area (Å²) in [5.74, 6) is 1.10. The van der Waals surface area contributed by atoms with Crippen molar-refractivity contribution < 1.29 is 24.1 Å². The van der Waals surface area contributed by atoms with E-state index in [1.807, 2.05) is 0 Å². The summed E-state index contributed by atoms with van der Waals surface area (Å²) in [6.45, 7) is 1.12. The van der Waals surface area contributed by atoms with Crippen LogP contribution in [0.25, 0.3) is 10.9 Å². The number of rotatable bonds is 5. The van der Waals surface area contributed by atoms with Crippen LogP contribution in [0.4, 0.5) is 0 Å². The number of benzene rings is 1. The number of aromatic nitrogens is 2. The topological polar surface area (TPSA) is 92.0 Å². The summed E-state index contributed by atoms with van der Waals surface area (Å²) in [6, 6.07) is 1.58.